The van der Waals surface area contributed by atoms with Crippen LogP contribution in [0.15, 0.2) is 12.2 Å². The summed E-state index contributed by atoms with van der Waals surface area (Å²) < 4.78 is 17.5. The van der Waals surface area contributed by atoms with Crippen LogP contribution in [0.5, 0.6) is 0 Å². The van der Waals surface area contributed by atoms with Crippen LogP contribution in [0, 0.1) is 0 Å². The fourth-order valence-corrected chi connectivity index (χ4v) is 8.57. The second kappa shape index (κ2) is 54.0. The SMILES string of the molecule is CCCCCCCC/C=C\CCCCCCCCCCOCC(COC(=O)CCCCCCCCCCCCCCCCCCC)OC(=O)CCCCCCCCCCCCC. The molecule has 62 heavy (non-hydrogen) atoms. The van der Waals surface area contributed by atoms with Gasteiger partial charge < -0.3 is 14.2 Å². The number of ether oxygens (including phenoxy) is 3. The van der Waals surface area contributed by atoms with Gasteiger partial charge in [-0.1, -0.05) is 270 Å². The first-order chi connectivity index (χ1) is 30.6. The summed E-state index contributed by atoms with van der Waals surface area (Å²) in [6.45, 7) is 7.89. The molecule has 0 saturated carbocycles. The molecule has 0 fully saturated rings. The Morgan fingerprint density at radius 1 is 0.339 bits per heavy atom. The van der Waals surface area contributed by atoms with E-state index < -0.39 is 6.10 Å². The minimum Gasteiger partial charge on any atom is -0.462 e. The van der Waals surface area contributed by atoms with Crippen molar-refractivity contribution in [3.63, 3.8) is 0 Å². The lowest BCUT2D eigenvalue weighted by atomic mass is 10.0. The second-order valence-electron chi connectivity index (χ2n) is 19.2. The van der Waals surface area contributed by atoms with Crippen molar-refractivity contribution >= 4 is 11.9 Å². The maximum atomic E-state index is 12.8. The highest BCUT2D eigenvalue weighted by atomic mass is 16.6. The summed E-state index contributed by atoms with van der Waals surface area (Å²) in [5, 5.41) is 0. The molecule has 0 bridgehead atoms. The molecule has 0 saturated heterocycles. The summed E-state index contributed by atoms with van der Waals surface area (Å²) in [5.41, 5.74) is 0. The molecule has 5 heteroatoms. The summed E-state index contributed by atoms with van der Waals surface area (Å²) in [6.07, 6.45) is 62.3. The van der Waals surface area contributed by atoms with E-state index in [9.17, 15) is 9.59 Å². The Bertz CT molecular complexity index is 902. The molecule has 368 valence electrons. The molecule has 0 rings (SSSR count). The van der Waals surface area contributed by atoms with E-state index in [0.717, 1.165) is 32.1 Å². The maximum absolute atomic E-state index is 12.8. The molecule has 1 unspecified atom stereocenters. The molecule has 0 aromatic heterocycles. The Balaban J connectivity index is 4.15. The zero-order valence-electron chi connectivity index (χ0n) is 42.4. The molecule has 1 atom stereocenters. The van der Waals surface area contributed by atoms with Crippen LogP contribution in [0.3, 0.4) is 0 Å². The molecule has 0 spiro atoms. The van der Waals surface area contributed by atoms with Gasteiger partial charge in [0.05, 0.1) is 6.61 Å². The normalized spacial score (nSPS) is 12.1. The highest BCUT2D eigenvalue weighted by Crippen LogP contribution is 2.17. The molecule has 0 aromatic carbocycles. The number of carbonyl (C=O) groups is 2. The highest BCUT2D eigenvalue weighted by Gasteiger charge is 2.17. The van der Waals surface area contributed by atoms with E-state index in [1.165, 1.54) is 250 Å². The lowest BCUT2D eigenvalue weighted by Crippen LogP contribution is -2.30. The van der Waals surface area contributed by atoms with Gasteiger partial charge in [0.25, 0.3) is 0 Å². The molecule has 0 radical (unpaired) electrons. The first kappa shape index (κ1) is 60.6. The van der Waals surface area contributed by atoms with E-state index >= 15 is 0 Å². The number of carbonyl (C=O) groups excluding carboxylic acids is 2. The third-order valence-electron chi connectivity index (χ3n) is 12.8. The average molecular weight is 876 g/mol. The van der Waals surface area contributed by atoms with E-state index in [1.807, 2.05) is 0 Å². The van der Waals surface area contributed by atoms with Crippen molar-refractivity contribution in [2.45, 2.75) is 322 Å². The standard InChI is InChI=1S/C57H110O5/c1-4-7-10-13-16-19-22-24-26-28-30-32-34-37-40-43-46-49-52-60-53-55(62-57(59)51-48-45-42-39-35-21-18-15-12-9-6-3)54-61-56(58)50-47-44-41-38-36-33-31-29-27-25-23-20-17-14-11-8-5-2/h24,26,55H,4-23,25,27-54H2,1-3H3/b26-24-. The number of allylic oxidation sites excluding steroid dienone is 2. The minimum atomic E-state index is -0.528. The van der Waals surface area contributed by atoms with Crippen LogP contribution in [-0.4, -0.2) is 37.9 Å². The Kier molecular flexibility index (Phi) is 52.8. The third-order valence-corrected chi connectivity index (χ3v) is 12.8. The lowest BCUT2D eigenvalue weighted by molar-refractivity contribution is -0.163. The Hall–Kier alpha value is -1.36. The third kappa shape index (κ3) is 51.3. The van der Waals surface area contributed by atoms with Crippen LogP contribution < -0.4 is 0 Å². The molecular formula is C57H110O5. The van der Waals surface area contributed by atoms with Gasteiger partial charge in [-0.2, -0.15) is 0 Å². The topological polar surface area (TPSA) is 61.8 Å². The molecular weight excluding hydrogens is 765 g/mol. The van der Waals surface area contributed by atoms with Crippen molar-refractivity contribution < 1.29 is 23.8 Å². The molecule has 0 aliphatic heterocycles. The smallest absolute Gasteiger partial charge is 0.306 e. The molecule has 0 amide bonds. The van der Waals surface area contributed by atoms with Crippen LogP contribution in [0.2, 0.25) is 0 Å². The number of hydrogen-bond acceptors (Lipinski definition) is 5. The van der Waals surface area contributed by atoms with Gasteiger partial charge in [0.2, 0.25) is 0 Å². The van der Waals surface area contributed by atoms with Crippen LogP contribution in [0.25, 0.3) is 0 Å². The van der Waals surface area contributed by atoms with Gasteiger partial charge in [-0.15, -0.1) is 0 Å². The van der Waals surface area contributed by atoms with Crippen molar-refractivity contribution in [2.75, 3.05) is 19.8 Å². The zero-order chi connectivity index (χ0) is 44.9. The molecule has 0 N–H and O–H groups in total. The van der Waals surface area contributed by atoms with Crippen molar-refractivity contribution in [3.05, 3.63) is 12.2 Å². The summed E-state index contributed by atoms with van der Waals surface area (Å²) in [6, 6.07) is 0. The van der Waals surface area contributed by atoms with E-state index in [4.69, 9.17) is 14.2 Å². The lowest BCUT2D eigenvalue weighted by Gasteiger charge is -2.18. The first-order valence-corrected chi connectivity index (χ1v) is 28.2. The Morgan fingerprint density at radius 2 is 0.629 bits per heavy atom. The fourth-order valence-electron chi connectivity index (χ4n) is 8.57. The van der Waals surface area contributed by atoms with Gasteiger partial charge >= 0.3 is 11.9 Å². The monoisotopic (exact) mass is 875 g/mol. The number of unbranched alkanes of at least 4 members (excludes halogenated alkanes) is 40. The van der Waals surface area contributed by atoms with Gasteiger partial charge in [-0.05, 0) is 44.9 Å². The number of esters is 2. The Morgan fingerprint density at radius 3 is 0.984 bits per heavy atom. The average Bonchev–Trinajstić information content (AvgIpc) is 3.27. The van der Waals surface area contributed by atoms with Crippen molar-refractivity contribution in [2.24, 2.45) is 0 Å². The summed E-state index contributed by atoms with van der Waals surface area (Å²) in [5.74, 6) is -0.375. The first-order valence-electron chi connectivity index (χ1n) is 28.2. The number of hydrogen-bond donors (Lipinski definition) is 0. The summed E-state index contributed by atoms with van der Waals surface area (Å²) >= 11 is 0. The number of rotatable bonds is 53. The van der Waals surface area contributed by atoms with Gasteiger partial charge in [0.1, 0.15) is 6.61 Å². The van der Waals surface area contributed by atoms with Crippen LogP contribution >= 0.6 is 0 Å². The highest BCUT2D eigenvalue weighted by molar-refractivity contribution is 5.70. The van der Waals surface area contributed by atoms with Crippen molar-refractivity contribution in [1.29, 1.82) is 0 Å². The zero-order valence-corrected chi connectivity index (χ0v) is 42.4. The molecule has 0 heterocycles. The van der Waals surface area contributed by atoms with Gasteiger partial charge in [-0.25, -0.2) is 0 Å². The fraction of sp³-hybridized carbons (Fsp3) is 0.930. The second-order valence-corrected chi connectivity index (χ2v) is 19.2. The van der Waals surface area contributed by atoms with Gasteiger partial charge in [0.15, 0.2) is 6.10 Å². The van der Waals surface area contributed by atoms with Gasteiger partial charge in [0, 0.05) is 19.4 Å². The van der Waals surface area contributed by atoms with Gasteiger partial charge in [-0.3, -0.25) is 9.59 Å². The van der Waals surface area contributed by atoms with Crippen LogP contribution in [0.4, 0.5) is 0 Å². The van der Waals surface area contributed by atoms with Crippen molar-refractivity contribution in [1.82, 2.24) is 0 Å². The maximum Gasteiger partial charge on any atom is 0.306 e. The molecule has 5 nitrogen and oxygen atoms in total. The quantitative estimate of drug-likeness (QED) is 0.0346. The van der Waals surface area contributed by atoms with E-state index in [1.54, 1.807) is 0 Å². The predicted molar refractivity (Wildman–Crippen MR) is 270 cm³/mol. The van der Waals surface area contributed by atoms with Crippen LogP contribution in [-0.2, 0) is 23.8 Å². The Labute approximate surface area is 388 Å². The van der Waals surface area contributed by atoms with E-state index in [-0.39, 0.29) is 18.5 Å². The summed E-state index contributed by atoms with van der Waals surface area (Å²) in [7, 11) is 0. The molecule has 0 aliphatic carbocycles. The van der Waals surface area contributed by atoms with Crippen LogP contribution in [0.1, 0.15) is 316 Å². The largest absolute Gasteiger partial charge is 0.462 e. The summed E-state index contributed by atoms with van der Waals surface area (Å²) in [4.78, 5) is 25.4. The van der Waals surface area contributed by atoms with E-state index in [2.05, 4.69) is 32.9 Å². The minimum absolute atomic E-state index is 0.0940. The molecule has 0 aliphatic rings. The molecule has 0 aromatic rings. The van der Waals surface area contributed by atoms with Crippen molar-refractivity contribution in [3.8, 4) is 0 Å². The predicted octanol–water partition coefficient (Wildman–Crippen LogP) is 19.0. The van der Waals surface area contributed by atoms with E-state index in [0.29, 0.717) is 26.1 Å².